The summed E-state index contributed by atoms with van der Waals surface area (Å²) in [5.74, 6) is -0.246. The monoisotopic (exact) mass is 395 g/mol. The number of nitrogens with zero attached hydrogens (tertiary/aromatic N) is 1. The molecule has 152 valence electrons. The Hall–Kier alpha value is -2.71. The van der Waals surface area contributed by atoms with Crippen LogP contribution in [0.25, 0.3) is 10.9 Å². The second kappa shape index (κ2) is 8.34. The number of hydrogen-bond acceptors (Lipinski definition) is 5. The Morgan fingerprint density at radius 2 is 1.69 bits per heavy atom. The number of amides is 1. The van der Waals surface area contributed by atoms with Crippen molar-refractivity contribution in [3.8, 4) is 0 Å². The number of benzene rings is 2. The van der Waals surface area contributed by atoms with Crippen molar-refractivity contribution in [1.82, 2.24) is 15.2 Å². The molecule has 0 spiro atoms. The fraction of sp³-hybridized carbons (Fsp3) is 0.318. The van der Waals surface area contributed by atoms with Gasteiger partial charge in [0.15, 0.2) is 0 Å². The molecule has 2 heterocycles. The van der Waals surface area contributed by atoms with E-state index in [0.717, 1.165) is 16.5 Å². The number of para-hydroxylation sites is 1. The van der Waals surface area contributed by atoms with Crippen LogP contribution in [0.15, 0.2) is 60.8 Å². The standard InChI is InChI=1S/C22H25N3O4/c26-13-18-21(28)20(27)17(24-18)10-23-22(29)16-12-25(11-14-6-2-1-3-7-14)19-9-5-4-8-15(16)19/h1-9,12,17-18,20-21,24,26-28H,10-11,13H2,(H,23,29)/t17-,18-,20-,21-/m1/s1. The van der Waals surface area contributed by atoms with Crippen LogP contribution in [0.3, 0.4) is 0 Å². The van der Waals surface area contributed by atoms with Crippen molar-refractivity contribution in [3.05, 3.63) is 71.9 Å². The molecule has 3 aromatic rings. The summed E-state index contributed by atoms with van der Waals surface area (Å²) >= 11 is 0. The van der Waals surface area contributed by atoms with E-state index in [0.29, 0.717) is 12.1 Å². The summed E-state index contributed by atoms with van der Waals surface area (Å²) in [5.41, 5.74) is 2.67. The number of nitrogens with one attached hydrogen (secondary N) is 2. The number of fused-ring (bicyclic) bond motifs is 1. The molecule has 0 unspecified atom stereocenters. The van der Waals surface area contributed by atoms with Gasteiger partial charge in [0.05, 0.1) is 36.5 Å². The normalized spacial score (nSPS) is 24.1. The first-order valence-corrected chi connectivity index (χ1v) is 9.71. The average Bonchev–Trinajstić information content (AvgIpc) is 3.25. The maximum atomic E-state index is 12.9. The zero-order chi connectivity index (χ0) is 20.4. The smallest absolute Gasteiger partial charge is 0.253 e. The van der Waals surface area contributed by atoms with Gasteiger partial charge in [-0.05, 0) is 11.6 Å². The Morgan fingerprint density at radius 3 is 2.41 bits per heavy atom. The zero-order valence-electron chi connectivity index (χ0n) is 15.9. The van der Waals surface area contributed by atoms with Crippen LogP contribution >= 0.6 is 0 Å². The summed E-state index contributed by atoms with van der Waals surface area (Å²) in [4.78, 5) is 12.9. The van der Waals surface area contributed by atoms with Gasteiger partial charge in [-0.2, -0.15) is 0 Å². The van der Waals surface area contributed by atoms with E-state index in [-0.39, 0.29) is 19.1 Å². The molecule has 5 N–H and O–H groups in total. The van der Waals surface area contributed by atoms with Crippen molar-refractivity contribution in [2.24, 2.45) is 0 Å². The minimum Gasteiger partial charge on any atom is -0.395 e. The Morgan fingerprint density at radius 1 is 1.00 bits per heavy atom. The molecule has 0 saturated carbocycles. The molecule has 1 saturated heterocycles. The van der Waals surface area contributed by atoms with Crippen molar-refractivity contribution in [3.63, 3.8) is 0 Å². The van der Waals surface area contributed by atoms with Gasteiger partial charge in [-0.3, -0.25) is 4.79 Å². The van der Waals surface area contributed by atoms with Crippen molar-refractivity contribution in [2.75, 3.05) is 13.2 Å². The first-order chi connectivity index (χ1) is 14.1. The maximum Gasteiger partial charge on any atom is 0.253 e. The number of carbonyl (C=O) groups excluding carboxylic acids is 1. The quantitative estimate of drug-likeness (QED) is 0.417. The van der Waals surface area contributed by atoms with E-state index in [9.17, 15) is 20.1 Å². The zero-order valence-corrected chi connectivity index (χ0v) is 15.9. The highest BCUT2D eigenvalue weighted by molar-refractivity contribution is 6.07. The van der Waals surface area contributed by atoms with Crippen LogP contribution in [-0.4, -0.2) is 63.2 Å². The molecule has 1 aliphatic rings. The molecule has 0 radical (unpaired) electrons. The molecular weight excluding hydrogens is 370 g/mol. The van der Waals surface area contributed by atoms with Crippen molar-refractivity contribution < 1.29 is 20.1 Å². The largest absolute Gasteiger partial charge is 0.395 e. The van der Waals surface area contributed by atoms with Gasteiger partial charge in [-0.15, -0.1) is 0 Å². The Kier molecular flexibility index (Phi) is 5.64. The van der Waals surface area contributed by atoms with Crippen LogP contribution in [0, 0.1) is 0 Å². The third-order valence-corrected chi connectivity index (χ3v) is 5.51. The second-order valence-electron chi connectivity index (χ2n) is 7.43. The van der Waals surface area contributed by atoms with E-state index in [2.05, 4.69) is 10.6 Å². The summed E-state index contributed by atoms with van der Waals surface area (Å²) in [6, 6.07) is 16.7. The van der Waals surface area contributed by atoms with E-state index < -0.39 is 24.3 Å². The van der Waals surface area contributed by atoms with Gasteiger partial charge in [0.25, 0.3) is 5.91 Å². The lowest BCUT2D eigenvalue weighted by atomic mass is 10.1. The lowest BCUT2D eigenvalue weighted by Gasteiger charge is -2.16. The van der Waals surface area contributed by atoms with E-state index in [4.69, 9.17) is 0 Å². The molecule has 0 aliphatic carbocycles. The Labute approximate surface area is 168 Å². The number of rotatable bonds is 6. The van der Waals surface area contributed by atoms with Gasteiger partial charge >= 0.3 is 0 Å². The highest BCUT2D eigenvalue weighted by Gasteiger charge is 2.40. The van der Waals surface area contributed by atoms with Crippen molar-refractivity contribution in [2.45, 2.75) is 30.8 Å². The minimum absolute atomic E-state index is 0.145. The predicted octanol–water partition coefficient (Wildman–Crippen LogP) is 0.474. The van der Waals surface area contributed by atoms with Crippen LogP contribution in [0.4, 0.5) is 0 Å². The fourth-order valence-corrected chi connectivity index (χ4v) is 3.93. The number of hydrogen-bond donors (Lipinski definition) is 5. The third-order valence-electron chi connectivity index (χ3n) is 5.51. The highest BCUT2D eigenvalue weighted by Crippen LogP contribution is 2.23. The third kappa shape index (κ3) is 3.90. The number of aliphatic hydroxyl groups excluding tert-OH is 3. The van der Waals surface area contributed by atoms with E-state index in [1.807, 2.05) is 65.4 Å². The van der Waals surface area contributed by atoms with Crippen LogP contribution in [0.5, 0.6) is 0 Å². The van der Waals surface area contributed by atoms with Gasteiger partial charge in [0, 0.05) is 30.2 Å². The number of aromatic nitrogens is 1. The first kappa shape index (κ1) is 19.6. The second-order valence-corrected chi connectivity index (χ2v) is 7.43. The number of carbonyl (C=O) groups is 1. The Bertz CT molecular complexity index is 988. The van der Waals surface area contributed by atoms with E-state index in [1.54, 1.807) is 0 Å². The number of aliphatic hydroxyl groups is 3. The first-order valence-electron chi connectivity index (χ1n) is 9.71. The van der Waals surface area contributed by atoms with Crippen LogP contribution in [0.2, 0.25) is 0 Å². The highest BCUT2D eigenvalue weighted by atomic mass is 16.3. The van der Waals surface area contributed by atoms with Crippen LogP contribution in [0.1, 0.15) is 15.9 Å². The van der Waals surface area contributed by atoms with Gasteiger partial charge in [0.2, 0.25) is 0 Å². The van der Waals surface area contributed by atoms with Gasteiger partial charge in [-0.1, -0.05) is 48.5 Å². The van der Waals surface area contributed by atoms with Crippen LogP contribution in [-0.2, 0) is 6.54 Å². The SMILES string of the molecule is O=C(NC[C@H]1N[C@H](CO)[C@@H](O)[C@@H]1O)c1cn(Cc2ccccc2)c2ccccc12. The summed E-state index contributed by atoms with van der Waals surface area (Å²) in [7, 11) is 0. The summed E-state index contributed by atoms with van der Waals surface area (Å²) < 4.78 is 2.05. The molecule has 7 nitrogen and oxygen atoms in total. The fourth-order valence-electron chi connectivity index (χ4n) is 3.93. The molecule has 7 heteroatoms. The summed E-state index contributed by atoms with van der Waals surface area (Å²) in [6.07, 6.45) is -0.266. The molecule has 1 aromatic heterocycles. The van der Waals surface area contributed by atoms with Gasteiger partial charge < -0.3 is 30.5 Å². The minimum atomic E-state index is -1.06. The molecule has 1 fully saturated rings. The van der Waals surface area contributed by atoms with Gasteiger partial charge in [-0.25, -0.2) is 0 Å². The van der Waals surface area contributed by atoms with E-state index in [1.165, 1.54) is 0 Å². The summed E-state index contributed by atoms with van der Waals surface area (Å²) in [6.45, 7) is 0.517. The molecule has 4 rings (SSSR count). The molecule has 1 amide bonds. The average molecular weight is 395 g/mol. The molecule has 2 aromatic carbocycles. The van der Waals surface area contributed by atoms with E-state index >= 15 is 0 Å². The summed E-state index contributed by atoms with van der Waals surface area (Å²) in [5, 5.41) is 35.9. The Balaban J connectivity index is 1.52. The lowest BCUT2D eigenvalue weighted by molar-refractivity contribution is 0.0197. The molecule has 4 atom stereocenters. The molecular formula is C22H25N3O4. The van der Waals surface area contributed by atoms with Gasteiger partial charge in [0.1, 0.15) is 0 Å². The predicted molar refractivity (Wildman–Crippen MR) is 110 cm³/mol. The topological polar surface area (TPSA) is 107 Å². The molecule has 1 aliphatic heterocycles. The lowest BCUT2D eigenvalue weighted by Crippen LogP contribution is -2.44. The van der Waals surface area contributed by atoms with Crippen molar-refractivity contribution >= 4 is 16.8 Å². The van der Waals surface area contributed by atoms with Crippen molar-refractivity contribution in [1.29, 1.82) is 0 Å². The van der Waals surface area contributed by atoms with Crippen LogP contribution < -0.4 is 10.6 Å². The molecule has 0 bridgehead atoms. The molecule has 29 heavy (non-hydrogen) atoms. The maximum absolute atomic E-state index is 12.9.